The molecule has 2 aromatic carbocycles. The average molecular weight is 341 g/mol. The summed E-state index contributed by atoms with van der Waals surface area (Å²) in [7, 11) is 0. The maximum Gasteiger partial charge on any atom is 0.157 e. The summed E-state index contributed by atoms with van der Waals surface area (Å²) in [6, 6.07) is 14.4. The van der Waals surface area contributed by atoms with Crippen LogP contribution in [0.25, 0.3) is 11.1 Å². The van der Waals surface area contributed by atoms with Crippen molar-refractivity contribution in [3.63, 3.8) is 0 Å². The summed E-state index contributed by atoms with van der Waals surface area (Å²) in [6.45, 7) is 0. The van der Waals surface area contributed by atoms with Crippen molar-refractivity contribution in [3.8, 4) is 6.07 Å². The summed E-state index contributed by atoms with van der Waals surface area (Å²) >= 11 is -2.06. The Balaban J connectivity index is 2.02. The Bertz CT molecular complexity index is 883. The van der Waals surface area contributed by atoms with Crippen molar-refractivity contribution < 1.29 is 13.2 Å². The molecule has 122 valence electrons. The van der Waals surface area contributed by atoms with E-state index in [-0.39, 0.29) is 11.3 Å². The summed E-state index contributed by atoms with van der Waals surface area (Å²) in [6.07, 6.45) is 2.75. The quantitative estimate of drug-likeness (QED) is 0.832. The molecule has 0 saturated carbocycles. The van der Waals surface area contributed by atoms with Crippen LogP contribution < -0.4 is 0 Å². The fourth-order valence-electron chi connectivity index (χ4n) is 3.14. The number of hydrogen-bond donors (Lipinski definition) is 1. The third kappa shape index (κ3) is 3.45. The van der Waals surface area contributed by atoms with Crippen LogP contribution in [0.15, 0.2) is 42.5 Å². The van der Waals surface area contributed by atoms with Crippen LogP contribution in [0, 0.1) is 17.1 Å². The molecule has 0 radical (unpaired) electrons. The predicted molar refractivity (Wildman–Crippen MR) is 92.7 cm³/mol. The van der Waals surface area contributed by atoms with E-state index < -0.39 is 16.9 Å². The van der Waals surface area contributed by atoms with Gasteiger partial charge in [-0.3, -0.25) is 0 Å². The van der Waals surface area contributed by atoms with Crippen LogP contribution in [0.2, 0.25) is 0 Å². The molecule has 0 fully saturated rings. The molecular weight excluding hydrogens is 325 g/mol. The van der Waals surface area contributed by atoms with Crippen molar-refractivity contribution >= 4 is 22.2 Å². The lowest BCUT2D eigenvalue weighted by Crippen LogP contribution is -1.98. The van der Waals surface area contributed by atoms with Gasteiger partial charge in [-0.25, -0.2) is 8.60 Å². The molecule has 0 aromatic heterocycles. The average Bonchev–Trinajstić information content (AvgIpc) is 3.06. The third-order valence-corrected chi connectivity index (χ3v) is 4.80. The van der Waals surface area contributed by atoms with Gasteiger partial charge >= 0.3 is 0 Å². The van der Waals surface area contributed by atoms with Crippen molar-refractivity contribution in [2.45, 2.75) is 25.0 Å². The van der Waals surface area contributed by atoms with Gasteiger partial charge in [0.2, 0.25) is 0 Å². The fourth-order valence-corrected chi connectivity index (χ4v) is 3.64. The van der Waals surface area contributed by atoms with Gasteiger partial charge in [0.1, 0.15) is 5.82 Å². The first-order chi connectivity index (χ1) is 11.6. The van der Waals surface area contributed by atoms with Gasteiger partial charge < -0.3 is 4.55 Å². The zero-order chi connectivity index (χ0) is 17.1. The number of hydrogen-bond acceptors (Lipinski definition) is 2. The lowest BCUT2D eigenvalue weighted by molar-refractivity contribution is 0.559. The molecule has 1 aliphatic carbocycles. The topological polar surface area (TPSA) is 61.1 Å². The first-order valence-electron chi connectivity index (χ1n) is 7.67. The maximum absolute atomic E-state index is 14.2. The van der Waals surface area contributed by atoms with Gasteiger partial charge in [0.05, 0.1) is 17.4 Å². The molecule has 0 bridgehead atoms. The van der Waals surface area contributed by atoms with E-state index in [9.17, 15) is 8.60 Å². The standard InChI is InChI=1S/C19H16FNO2S/c20-19-10-15(7-8-16(19)12-24(22)23)18-6-2-5-17(18)14-4-1-3-13(9-14)11-21/h1,3-4,7-10H,2,5-6,12H2,(H,22,23). The Morgan fingerprint density at radius 1 is 1.12 bits per heavy atom. The van der Waals surface area contributed by atoms with E-state index in [2.05, 4.69) is 6.07 Å². The van der Waals surface area contributed by atoms with Crippen LogP contribution in [0.5, 0.6) is 0 Å². The lowest BCUT2D eigenvalue weighted by Gasteiger charge is -2.10. The van der Waals surface area contributed by atoms with Crippen molar-refractivity contribution in [1.82, 2.24) is 0 Å². The highest BCUT2D eigenvalue weighted by Gasteiger charge is 2.19. The molecular formula is C19H16FNO2S. The Morgan fingerprint density at radius 3 is 2.46 bits per heavy atom. The van der Waals surface area contributed by atoms with E-state index in [1.54, 1.807) is 18.2 Å². The molecule has 0 aliphatic heterocycles. The van der Waals surface area contributed by atoms with Crippen LogP contribution in [0.3, 0.4) is 0 Å². The van der Waals surface area contributed by atoms with Crippen LogP contribution >= 0.6 is 0 Å². The van der Waals surface area contributed by atoms with E-state index in [0.29, 0.717) is 5.56 Å². The van der Waals surface area contributed by atoms with Gasteiger partial charge in [0, 0.05) is 5.56 Å². The van der Waals surface area contributed by atoms with Crippen LogP contribution in [-0.2, 0) is 16.8 Å². The van der Waals surface area contributed by atoms with Crippen LogP contribution in [0.1, 0.15) is 41.5 Å². The first-order valence-corrected chi connectivity index (χ1v) is 8.95. The molecule has 0 saturated heterocycles. The Morgan fingerprint density at radius 2 is 1.83 bits per heavy atom. The molecule has 0 amide bonds. The molecule has 2 aromatic rings. The van der Waals surface area contributed by atoms with Gasteiger partial charge in [-0.2, -0.15) is 5.26 Å². The van der Waals surface area contributed by atoms with Gasteiger partial charge in [-0.1, -0.05) is 24.3 Å². The number of benzene rings is 2. The fraction of sp³-hybridized carbons (Fsp3) is 0.211. The number of halogens is 1. The zero-order valence-electron chi connectivity index (χ0n) is 13.0. The highest BCUT2D eigenvalue weighted by atomic mass is 32.2. The lowest BCUT2D eigenvalue weighted by atomic mass is 9.95. The second-order valence-electron chi connectivity index (χ2n) is 5.78. The second kappa shape index (κ2) is 7.08. The zero-order valence-corrected chi connectivity index (χ0v) is 13.8. The number of allylic oxidation sites excluding steroid dienone is 2. The van der Waals surface area contributed by atoms with Crippen LogP contribution in [-0.4, -0.2) is 8.76 Å². The first kappa shape index (κ1) is 16.6. The van der Waals surface area contributed by atoms with Crippen molar-refractivity contribution in [3.05, 3.63) is 70.5 Å². The number of rotatable bonds is 4. The van der Waals surface area contributed by atoms with Crippen molar-refractivity contribution in [1.29, 1.82) is 5.26 Å². The normalized spacial score (nSPS) is 15.4. The van der Waals surface area contributed by atoms with E-state index in [1.165, 1.54) is 6.07 Å². The molecule has 5 heteroatoms. The molecule has 1 N–H and O–H groups in total. The van der Waals surface area contributed by atoms with Crippen LogP contribution in [0.4, 0.5) is 4.39 Å². The Hall–Kier alpha value is -2.29. The minimum Gasteiger partial charge on any atom is -0.306 e. The molecule has 0 heterocycles. The summed E-state index contributed by atoms with van der Waals surface area (Å²) in [5.41, 5.74) is 4.88. The molecule has 1 unspecified atom stereocenters. The molecule has 3 rings (SSSR count). The minimum absolute atomic E-state index is 0.206. The van der Waals surface area contributed by atoms with E-state index in [4.69, 9.17) is 9.81 Å². The molecule has 24 heavy (non-hydrogen) atoms. The highest BCUT2D eigenvalue weighted by molar-refractivity contribution is 7.78. The molecule has 1 atom stereocenters. The molecule has 0 spiro atoms. The van der Waals surface area contributed by atoms with Gasteiger partial charge in [0.25, 0.3) is 0 Å². The third-order valence-electron chi connectivity index (χ3n) is 4.24. The minimum atomic E-state index is -2.06. The Kier molecular flexibility index (Phi) is 4.89. The van der Waals surface area contributed by atoms with Gasteiger partial charge in [-0.05, 0) is 59.7 Å². The second-order valence-corrected chi connectivity index (χ2v) is 6.71. The van der Waals surface area contributed by atoms with Crippen molar-refractivity contribution in [2.75, 3.05) is 0 Å². The smallest absolute Gasteiger partial charge is 0.157 e. The summed E-state index contributed by atoms with van der Waals surface area (Å²) in [5.74, 6) is -0.665. The molecule has 1 aliphatic rings. The van der Waals surface area contributed by atoms with E-state index in [1.807, 2.05) is 18.2 Å². The Labute approximate surface area is 142 Å². The highest BCUT2D eigenvalue weighted by Crippen LogP contribution is 2.40. The maximum atomic E-state index is 14.2. The summed E-state index contributed by atoms with van der Waals surface area (Å²) < 4.78 is 34.0. The molecule has 3 nitrogen and oxygen atoms in total. The van der Waals surface area contributed by atoms with Gasteiger partial charge in [-0.15, -0.1) is 0 Å². The van der Waals surface area contributed by atoms with E-state index in [0.717, 1.165) is 41.5 Å². The largest absolute Gasteiger partial charge is 0.306 e. The van der Waals surface area contributed by atoms with Crippen molar-refractivity contribution in [2.24, 2.45) is 0 Å². The summed E-state index contributed by atoms with van der Waals surface area (Å²) in [4.78, 5) is 0. The van der Waals surface area contributed by atoms with Gasteiger partial charge in [0.15, 0.2) is 11.1 Å². The SMILES string of the molecule is N#Cc1cccc(C2=C(c3ccc(CS(=O)O)c(F)c3)CCC2)c1. The monoisotopic (exact) mass is 341 g/mol. The van der Waals surface area contributed by atoms with E-state index >= 15 is 0 Å². The summed E-state index contributed by atoms with van der Waals surface area (Å²) in [5, 5.41) is 9.07. The predicted octanol–water partition coefficient (Wildman–Crippen LogP) is 4.51. The number of nitrogens with zero attached hydrogens (tertiary/aromatic N) is 1. The number of nitriles is 1.